The maximum Gasteiger partial charge on any atom is 0.244 e. The second-order valence-electron chi connectivity index (χ2n) is 6.85. The quantitative estimate of drug-likeness (QED) is 0.348. The number of amides is 2. The van der Waals surface area contributed by atoms with Gasteiger partial charge in [-0.15, -0.1) is 6.58 Å². The maximum absolute atomic E-state index is 13.9. The summed E-state index contributed by atoms with van der Waals surface area (Å²) < 4.78 is 13.9. The molecule has 1 aliphatic rings. The molecular formula is C20H26ClFN4O2. The van der Waals surface area contributed by atoms with Crippen molar-refractivity contribution in [2.75, 3.05) is 13.1 Å². The van der Waals surface area contributed by atoms with Gasteiger partial charge in [-0.3, -0.25) is 14.6 Å². The monoisotopic (exact) mass is 408 g/mol. The normalized spacial score (nSPS) is 14.1. The summed E-state index contributed by atoms with van der Waals surface area (Å²) in [6.45, 7) is 9.12. The van der Waals surface area contributed by atoms with E-state index in [-0.39, 0.29) is 48.6 Å². The van der Waals surface area contributed by atoms with E-state index in [0.717, 1.165) is 12.8 Å². The molecule has 28 heavy (non-hydrogen) atoms. The van der Waals surface area contributed by atoms with Crippen LogP contribution in [0.25, 0.3) is 0 Å². The van der Waals surface area contributed by atoms with Crippen molar-refractivity contribution >= 4 is 30.1 Å². The first-order valence-corrected chi connectivity index (χ1v) is 9.58. The molecular weight excluding hydrogens is 383 g/mol. The molecule has 8 heteroatoms. The van der Waals surface area contributed by atoms with E-state index in [4.69, 9.17) is 11.6 Å². The number of carbonyl (C=O) groups is 2. The van der Waals surface area contributed by atoms with Crippen LogP contribution < -0.4 is 5.32 Å². The number of nitrogens with zero attached hydrogens (tertiary/aromatic N) is 3. The Hall–Kier alpha value is -2.41. The number of nitrogens with one attached hydrogen (secondary N) is 1. The highest BCUT2D eigenvalue weighted by molar-refractivity contribution is 6.30. The van der Waals surface area contributed by atoms with Gasteiger partial charge in [0.1, 0.15) is 12.4 Å². The number of hydrazone groups is 1. The van der Waals surface area contributed by atoms with Crippen LogP contribution in [0.3, 0.4) is 0 Å². The maximum atomic E-state index is 13.9. The summed E-state index contributed by atoms with van der Waals surface area (Å²) in [5, 5.41) is 8.17. The zero-order chi connectivity index (χ0) is 20.7. The fourth-order valence-corrected chi connectivity index (χ4v) is 3.03. The van der Waals surface area contributed by atoms with Crippen molar-refractivity contribution in [2.45, 2.75) is 44.8 Å². The zero-order valence-electron chi connectivity index (χ0n) is 16.0. The molecule has 6 nitrogen and oxygen atoms in total. The number of benzene rings is 1. The topological polar surface area (TPSA) is 65.0 Å². The second kappa shape index (κ2) is 10.2. The van der Waals surface area contributed by atoms with Crippen LogP contribution in [0.5, 0.6) is 0 Å². The molecule has 2 rings (SSSR count). The van der Waals surface area contributed by atoms with Gasteiger partial charge < -0.3 is 10.2 Å². The van der Waals surface area contributed by atoms with Crippen LogP contribution in [0.15, 0.2) is 36.0 Å². The first-order chi connectivity index (χ1) is 13.4. The Bertz CT molecular complexity index is 739. The van der Waals surface area contributed by atoms with Crippen LogP contribution >= 0.6 is 11.6 Å². The van der Waals surface area contributed by atoms with Gasteiger partial charge in [0.15, 0.2) is 0 Å². The van der Waals surface area contributed by atoms with E-state index in [1.54, 1.807) is 28.1 Å². The van der Waals surface area contributed by atoms with E-state index in [0.29, 0.717) is 12.0 Å². The molecule has 0 heterocycles. The van der Waals surface area contributed by atoms with Gasteiger partial charge in [0.25, 0.3) is 0 Å². The van der Waals surface area contributed by atoms with Crippen molar-refractivity contribution in [3.05, 3.63) is 47.3 Å². The van der Waals surface area contributed by atoms with Gasteiger partial charge >= 0.3 is 0 Å². The third kappa shape index (κ3) is 6.05. The van der Waals surface area contributed by atoms with E-state index in [9.17, 15) is 14.0 Å². The van der Waals surface area contributed by atoms with Crippen molar-refractivity contribution in [1.29, 1.82) is 0 Å². The second-order valence-corrected chi connectivity index (χ2v) is 7.26. The van der Waals surface area contributed by atoms with Crippen LogP contribution in [0.2, 0.25) is 5.02 Å². The molecule has 0 bridgehead atoms. The molecule has 0 saturated heterocycles. The van der Waals surface area contributed by atoms with E-state index in [1.165, 1.54) is 6.07 Å². The van der Waals surface area contributed by atoms with Crippen molar-refractivity contribution in [2.24, 2.45) is 5.10 Å². The van der Waals surface area contributed by atoms with Crippen molar-refractivity contribution < 1.29 is 14.0 Å². The molecule has 1 N–H and O–H groups in total. The minimum absolute atomic E-state index is 0.00666. The first kappa shape index (κ1) is 21.9. The predicted octanol–water partition coefficient (Wildman–Crippen LogP) is 2.97. The minimum Gasteiger partial charge on any atom is -0.350 e. The number of carbonyl (C=O) groups excluding carboxylic acids is 2. The summed E-state index contributed by atoms with van der Waals surface area (Å²) in [5.41, 5.74) is 0.297. The Morgan fingerprint density at radius 1 is 1.43 bits per heavy atom. The van der Waals surface area contributed by atoms with E-state index < -0.39 is 5.82 Å². The largest absolute Gasteiger partial charge is 0.350 e. The molecule has 0 aromatic heterocycles. The molecule has 0 aliphatic heterocycles. The highest BCUT2D eigenvalue weighted by Gasteiger charge is 2.34. The molecule has 2 amide bonds. The Balaban J connectivity index is 1.93. The standard InChI is InChI=1S/C20H26ClFN4O2/c1-4-6-14(2)26(23-3)13-19(28)25(16-9-10-16)12-18(27)24-11-15-7-5-8-17(21)20(15)22/h4-5,7-8,14,16H,1,3,6,9-13H2,2H3,(H,24,27). The lowest BCUT2D eigenvalue weighted by Crippen LogP contribution is -2.46. The van der Waals surface area contributed by atoms with Gasteiger partial charge in [0.2, 0.25) is 11.8 Å². The summed E-state index contributed by atoms with van der Waals surface area (Å²) in [7, 11) is 0. The van der Waals surface area contributed by atoms with Gasteiger partial charge in [-0.1, -0.05) is 29.8 Å². The zero-order valence-corrected chi connectivity index (χ0v) is 16.8. The lowest BCUT2D eigenvalue weighted by atomic mass is 10.2. The molecule has 1 aromatic carbocycles. The van der Waals surface area contributed by atoms with Gasteiger partial charge in [0.05, 0.1) is 11.6 Å². The summed E-state index contributed by atoms with van der Waals surface area (Å²) in [5.74, 6) is -1.09. The van der Waals surface area contributed by atoms with Crippen molar-refractivity contribution in [1.82, 2.24) is 15.2 Å². The molecule has 152 valence electrons. The Kier molecular flexibility index (Phi) is 7.99. The van der Waals surface area contributed by atoms with Gasteiger partial charge in [-0.2, -0.15) is 5.10 Å². The van der Waals surface area contributed by atoms with Gasteiger partial charge in [-0.05, 0) is 32.3 Å². The fraction of sp³-hybridized carbons (Fsp3) is 0.450. The molecule has 0 radical (unpaired) electrons. The average molecular weight is 409 g/mol. The van der Waals surface area contributed by atoms with E-state index in [1.807, 2.05) is 6.92 Å². The summed E-state index contributed by atoms with van der Waals surface area (Å²) in [4.78, 5) is 26.6. The number of hydrogen-bond acceptors (Lipinski definition) is 4. The van der Waals surface area contributed by atoms with Crippen LogP contribution in [-0.2, 0) is 16.1 Å². The lowest BCUT2D eigenvalue weighted by molar-refractivity contribution is -0.138. The lowest BCUT2D eigenvalue weighted by Gasteiger charge is -2.28. The highest BCUT2D eigenvalue weighted by atomic mass is 35.5. The average Bonchev–Trinajstić information content (AvgIpc) is 3.50. The molecule has 1 fully saturated rings. The Morgan fingerprint density at radius 2 is 2.14 bits per heavy atom. The Labute approximate surface area is 170 Å². The third-order valence-electron chi connectivity index (χ3n) is 4.63. The third-order valence-corrected chi connectivity index (χ3v) is 4.92. The smallest absolute Gasteiger partial charge is 0.244 e. The predicted molar refractivity (Wildman–Crippen MR) is 109 cm³/mol. The number of halogens is 2. The molecule has 1 aliphatic carbocycles. The number of hydrogen-bond donors (Lipinski definition) is 1. The fourth-order valence-electron chi connectivity index (χ4n) is 2.83. The molecule has 0 spiro atoms. The summed E-state index contributed by atoms with van der Waals surface area (Å²) in [6.07, 6.45) is 4.16. The SMILES string of the molecule is C=CCC(C)N(CC(=O)N(CC(=O)NCc1cccc(Cl)c1F)C1CC1)N=C. The van der Waals surface area contributed by atoms with Gasteiger partial charge in [0, 0.05) is 30.9 Å². The van der Waals surface area contributed by atoms with Crippen LogP contribution in [0.4, 0.5) is 4.39 Å². The van der Waals surface area contributed by atoms with Crippen molar-refractivity contribution in [3.8, 4) is 0 Å². The first-order valence-electron chi connectivity index (χ1n) is 9.20. The van der Waals surface area contributed by atoms with Crippen molar-refractivity contribution in [3.63, 3.8) is 0 Å². The summed E-state index contributed by atoms with van der Waals surface area (Å²) in [6, 6.07) is 4.67. The van der Waals surface area contributed by atoms with Crippen LogP contribution in [-0.4, -0.2) is 53.6 Å². The van der Waals surface area contributed by atoms with Gasteiger partial charge in [-0.25, -0.2) is 4.39 Å². The highest BCUT2D eigenvalue weighted by Crippen LogP contribution is 2.27. The number of rotatable bonds is 11. The van der Waals surface area contributed by atoms with E-state index in [2.05, 4.69) is 23.7 Å². The minimum atomic E-state index is -0.552. The molecule has 1 aromatic rings. The Morgan fingerprint density at radius 3 is 2.75 bits per heavy atom. The molecule has 1 saturated carbocycles. The molecule has 1 atom stereocenters. The van der Waals surface area contributed by atoms with Crippen LogP contribution in [0.1, 0.15) is 31.7 Å². The summed E-state index contributed by atoms with van der Waals surface area (Å²) >= 11 is 5.75. The van der Waals surface area contributed by atoms with Crippen LogP contribution in [0, 0.1) is 5.82 Å². The van der Waals surface area contributed by atoms with E-state index >= 15 is 0 Å². The molecule has 1 unspecified atom stereocenters.